The van der Waals surface area contributed by atoms with Gasteiger partial charge in [0.2, 0.25) is 0 Å². The summed E-state index contributed by atoms with van der Waals surface area (Å²) in [5.41, 5.74) is 2.58. The van der Waals surface area contributed by atoms with Crippen LogP contribution in [0.15, 0.2) is 72.9 Å². The third-order valence-electron chi connectivity index (χ3n) is 4.83. The van der Waals surface area contributed by atoms with E-state index in [1.165, 1.54) is 4.90 Å². The molecule has 0 unspecified atom stereocenters. The molecule has 0 fully saturated rings. The van der Waals surface area contributed by atoms with Gasteiger partial charge in [0.15, 0.2) is 0 Å². The second kappa shape index (κ2) is 9.44. The van der Waals surface area contributed by atoms with Gasteiger partial charge in [0.25, 0.3) is 11.8 Å². The molecule has 2 aromatic rings. The fourth-order valence-electron chi connectivity index (χ4n) is 3.39. The van der Waals surface area contributed by atoms with E-state index in [1.807, 2.05) is 66.5 Å². The molecule has 3 rings (SSSR count). The molecule has 0 N–H and O–H groups in total. The number of carbonyl (C=O) groups is 2. The summed E-state index contributed by atoms with van der Waals surface area (Å²) in [5, 5.41) is 0. The number of rotatable bonds is 9. The minimum atomic E-state index is -0.300. The molecule has 2 amide bonds. The average molecular weight is 405 g/mol. The Morgan fingerprint density at radius 1 is 1.03 bits per heavy atom. The largest absolute Gasteiger partial charge is 0.493 e. The summed E-state index contributed by atoms with van der Waals surface area (Å²) in [7, 11) is 1.84. The van der Waals surface area contributed by atoms with Crippen LogP contribution < -0.4 is 4.74 Å². The van der Waals surface area contributed by atoms with Crippen molar-refractivity contribution in [2.75, 3.05) is 20.2 Å². The Hall–Kier alpha value is -3.34. The smallest absolute Gasteiger partial charge is 0.278 e. The molecular weight excluding hydrogens is 376 g/mol. The highest BCUT2D eigenvalue weighted by molar-refractivity contribution is 6.35. The highest BCUT2D eigenvalue weighted by atomic mass is 16.5. The number of nitrogens with zero attached hydrogens (tertiary/aromatic N) is 2. The normalized spacial score (nSPS) is 13.9. The van der Waals surface area contributed by atoms with Crippen molar-refractivity contribution in [2.45, 2.75) is 20.4 Å². The molecule has 2 aromatic carbocycles. The maximum Gasteiger partial charge on any atom is 0.278 e. The second-order valence-corrected chi connectivity index (χ2v) is 7.80. The molecule has 5 heteroatoms. The number of benzene rings is 2. The lowest BCUT2D eigenvalue weighted by Crippen LogP contribution is -2.34. The van der Waals surface area contributed by atoms with Gasteiger partial charge < -0.3 is 9.64 Å². The van der Waals surface area contributed by atoms with Crippen molar-refractivity contribution in [2.24, 2.45) is 5.92 Å². The van der Waals surface area contributed by atoms with Gasteiger partial charge in [-0.15, -0.1) is 6.58 Å². The van der Waals surface area contributed by atoms with Crippen LogP contribution in [0, 0.1) is 5.92 Å². The van der Waals surface area contributed by atoms with Crippen LogP contribution >= 0.6 is 0 Å². The fraction of sp³-hybridized carbons (Fsp3) is 0.280. The molecule has 30 heavy (non-hydrogen) atoms. The van der Waals surface area contributed by atoms with Gasteiger partial charge in [0.1, 0.15) is 11.4 Å². The Labute approximate surface area is 178 Å². The Bertz CT molecular complexity index is 946. The van der Waals surface area contributed by atoms with E-state index in [0.717, 1.165) is 11.3 Å². The Morgan fingerprint density at radius 2 is 1.70 bits per heavy atom. The molecule has 5 nitrogen and oxygen atoms in total. The zero-order valence-electron chi connectivity index (χ0n) is 17.8. The van der Waals surface area contributed by atoms with Crippen LogP contribution in [0.4, 0.5) is 0 Å². The number of hydrogen-bond acceptors (Lipinski definition) is 4. The van der Waals surface area contributed by atoms with Gasteiger partial charge in [0.05, 0.1) is 12.2 Å². The van der Waals surface area contributed by atoms with Crippen molar-refractivity contribution in [3.63, 3.8) is 0 Å². The number of hydrogen-bond donors (Lipinski definition) is 0. The van der Waals surface area contributed by atoms with Crippen molar-refractivity contribution < 1.29 is 14.3 Å². The van der Waals surface area contributed by atoms with E-state index in [2.05, 4.69) is 20.4 Å². The van der Waals surface area contributed by atoms with E-state index in [9.17, 15) is 9.59 Å². The van der Waals surface area contributed by atoms with Gasteiger partial charge >= 0.3 is 0 Å². The van der Waals surface area contributed by atoms with Crippen LogP contribution in [0.1, 0.15) is 25.0 Å². The summed E-state index contributed by atoms with van der Waals surface area (Å²) in [6.45, 7) is 9.18. The van der Waals surface area contributed by atoms with E-state index in [4.69, 9.17) is 4.74 Å². The van der Waals surface area contributed by atoms with Crippen molar-refractivity contribution in [3.05, 3.63) is 84.1 Å². The maximum absolute atomic E-state index is 13.1. The quantitative estimate of drug-likeness (QED) is 0.466. The topological polar surface area (TPSA) is 49.9 Å². The zero-order chi connectivity index (χ0) is 21.7. The van der Waals surface area contributed by atoms with E-state index < -0.39 is 0 Å². The summed E-state index contributed by atoms with van der Waals surface area (Å²) in [5.74, 6) is 0.568. The molecule has 0 bridgehead atoms. The minimum Gasteiger partial charge on any atom is -0.493 e. The third-order valence-corrected chi connectivity index (χ3v) is 4.83. The van der Waals surface area contributed by atoms with E-state index in [1.54, 1.807) is 6.08 Å². The molecule has 1 aliphatic heterocycles. The van der Waals surface area contributed by atoms with Crippen LogP contribution in [0.2, 0.25) is 0 Å². The van der Waals surface area contributed by atoms with Gasteiger partial charge in [-0.25, -0.2) is 0 Å². The van der Waals surface area contributed by atoms with Crippen molar-refractivity contribution in [1.82, 2.24) is 9.80 Å². The fourth-order valence-corrected chi connectivity index (χ4v) is 3.39. The van der Waals surface area contributed by atoms with Crippen molar-refractivity contribution >= 4 is 17.4 Å². The number of amides is 2. The Balaban J connectivity index is 1.95. The van der Waals surface area contributed by atoms with Crippen molar-refractivity contribution in [1.29, 1.82) is 0 Å². The van der Waals surface area contributed by atoms with Gasteiger partial charge in [0, 0.05) is 20.1 Å². The molecule has 1 aliphatic rings. The SMILES string of the molecule is C=CCN1C(=O)C(c2ccc(OCC(C)C)cc2)=C(N(C)Cc2ccccc2)C1=O. The molecule has 156 valence electrons. The maximum atomic E-state index is 13.1. The number of likely N-dealkylation sites (N-methyl/N-ethyl adjacent to an activating group) is 1. The third kappa shape index (κ3) is 4.62. The Kier molecular flexibility index (Phi) is 6.72. The average Bonchev–Trinajstić information content (AvgIpc) is 2.98. The van der Waals surface area contributed by atoms with Crippen LogP contribution in [0.5, 0.6) is 5.75 Å². The monoisotopic (exact) mass is 404 g/mol. The highest BCUT2D eigenvalue weighted by Crippen LogP contribution is 2.32. The van der Waals surface area contributed by atoms with E-state index in [0.29, 0.717) is 35.9 Å². The molecule has 0 saturated carbocycles. The summed E-state index contributed by atoms with van der Waals surface area (Å²) >= 11 is 0. The molecule has 0 saturated heterocycles. The standard InChI is InChI=1S/C25H28N2O3/c1-5-15-27-24(28)22(20-11-13-21(14-12-20)30-17-18(2)3)23(25(27)29)26(4)16-19-9-7-6-8-10-19/h5-14,18H,1,15-17H2,2-4H3. The van der Waals surface area contributed by atoms with E-state index >= 15 is 0 Å². The molecule has 0 atom stereocenters. The molecule has 0 aromatic heterocycles. The summed E-state index contributed by atoms with van der Waals surface area (Å²) < 4.78 is 5.74. The minimum absolute atomic E-state index is 0.180. The lowest BCUT2D eigenvalue weighted by Gasteiger charge is -2.21. The zero-order valence-corrected chi connectivity index (χ0v) is 17.8. The Morgan fingerprint density at radius 3 is 2.30 bits per heavy atom. The van der Waals surface area contributed by atoms with Crippen LogP contribution in [0.3, 0.4) is 0 Å². The van der Waals surface area contributed by atoms with Crippen LogP contribution in [0.25, 0.3) is 5.57 Å². The molecule has 0 spiro atoms. The molecule has 0 aliphatic carbocycles. The lowest BCUT2D eigenvalue weighted by atomic mass is 10.0. The predicted molar refractivity (Wildman–Crippen MR) is 119 cm³/mol. The first-order valence-electron chi connectivity index (χ1n) is 10.1. The first-order valence-corrected chi connectivity index (χ1v) is 10.1. The van der Waals surface area contributed by atoms with E-state index in [-0.39, 0.29) is 18.4 Å². The molecular formula is C25H28N2O3. The van der Waals surface area contributed by atoms with Gasteiger partial charge in [-0.2, -0.15) is 0 Å². The first kappa shape index (κ1) is 21.4. The number of carbonyl (C=O) groups excluding carboxylic acids is 2. The first-order chi connectivity index (χ1) is 14.4. The number of ether oxygens (including phenoxy) is 1. The predicted octanol–water partition coefficient (Wildman–Crippen LogP) is 4.12. The van der Waals surface area contributed by atoms with Crippen molar-refractivity contribution in [3.8, 4) is 5.75 Å². The molecule has 0 radical (unpaired) electrons. The second-order valence-electron chi connectivity index (χ2n) is 7.80. The number of imide groups is 1. The van der Waals surface area contributed by atoms with Gasteiger partial charge in [-0.05, 0) is 29.2 Å². The van der Waals surface area contributed by atoms with Gasteiger partial charge in [-0.3, -0.25) is 14.5 Å². The van der Waals surface area contributed by atoms with Gasteiger partial charge in [-0.1, -0.05) is 62.4 Å². The van der Waals surface area contributed by atoms with Crippen LogP contribution in [-0.4, -0.2) is 41.8 Å². The summed E-state index contributed by atoms with van der Waals surface area (Å²) in [6, 6.07) is 17.2. The highest BCUT2D eigenvalue weighted by Gasteiger charge is 2.40. The van der Waals surface area contributed by atoms with Crippen LogP contribution in [-0.2, 0) is 16.1 Å². The summed E-state index contributed by atoms with van der Waals surface area (Å²) in [6.07, 6.45) is 1.57. The lowest BCUT2D eigenvalue weighted by molar-refractivity contribution is -0.136. The molecule has 1 heterocycles. The summed E-state index contributed by atoms with van der Waals surface area (Å²) in [4.78, 5) is 29.3.